The zero-order chi connectivity index (χ0) is 9.35. The first-order valence-electron chi connectivity index (χ1n) is 3.12. The lowest BCUT2D eigenvalue weighted by atomic mass is 10.3. The van der Waals surface area contributed by atoms with Gasteiger partial charge >= 0.3 is 6.18 Å². The third-order valence-electron chi connectivity index (χ3n) is 1.21. The van der Waals surface area contributed by atoms with Gasteiger partial charge in [-0.05, 0) is 13.0 Å². The van der Waals surface area contributed by atoms with E-state index in [4.69, 9.17) is 0 Å². The van der Waals surface area contributed by atoms with Crippen molar-refractivity contribution in [3.63, 3.8) is 0 Å². The predicted molar refractivity (Wildman–Crippen MR) is 41.9 cm³/mol. The molecule has 0 fully saturated rings. The van der Waals surface area contributed by atoms with E-state index in [1.54, 1.807) is 0 Å². The Balaban J connectivity index is 3.22. The van der Waals surface area contributed by atoms with Crippen molar-refractivity contribution < 1.29 is 13.2 Å². The molecule has 0 saturated carbocycles. The minimum absolute atomic E-state index is 0.0833. The van der Waals surface area contributed by atoms with Gasteiger partial charge in [-0.15, -0.1) is 11.3 Å². The van der Waals surface area contributed by atoms with Crippen LogP contribution >= 0.6 is 11.3 Å². The van der Waals surface area contributed by atoms with E-state index >= 15 is 0 Å². The van der Waals surface area contributed by atoms with E-state index in [1.165, 1.54) is 13.0 Å². The standard InChI is InChI=1S/C7H6F3NS/c1-3-5-6(7(8,9)10)11-4(2)12-5/h3H,1H2,2H3. The second kappa shape index (κ2) is 2.90. The van der Waals surface area contributed by atoms with Gasteiger partial charge in [-0.1, -0.05) is 6.58 Å². The zero-order valence-corrected chi connectivity index (χ0v) is 7.09. The number of nitrogens with zero attached hydrogens (tertiary/aromatic N) is 1. The number of hydrogen-bond donors (Lipinski definition) is 0. The van der Waals surface area contributed by atoms with Crippen LogP contribution in [0.25, 0.3) is 6.08 Å². The highest BCUT2D eigenvalue weighted by Crippen LogP contribution is 2.34. The van der Waals surface area contributed by atoms with E-state index in [9.17, 15) is 13.2 Å². The van der Waals surface area contributed by atoms with Gasteiger partial charge in [0.05, 0.1) is 9.88 Å². The Morgan fingerprint density at radius 1 is 1.50 bits per heavy atom. The van der Waals surface area contributed by atoms with Crippen LogP contribution in [0.2, 0.25) is 0 Å². The predicted octanol–water partition coefficient (Wildman–Crippen LogP) is 3.11. The molecule has 0 radical (unpaired) electrons. The summed E-state index contributed by atoms with van der Waals surface area (Å²) in [5.41, 5.74) is -0.833. The first kappa shape index (κ1) is 9.25. The highest BCUT2D eigenvalue weighted by Gasteiger charge is 2.36. The normalized spacial score (nSPS) is 11.7. The van der Waals surface area contributed by atoms with E-state index < -0.39 is 11.9 Å². The number of halogens is 3. The van der Waals surface area contributed by atoms with E-state index in [-0.39, 0.29) is 4.88 Å². The lowest BCUT2D eigenvalue weighted by Gasteiger charge is -2.02. The van der Waals surface area contributed by atoms with Crippen LogP contribution in [0.3, 0.4) is 0 Å². The molecule has 0 aromatic carbocycles. The Labute approximate surface area is 71.6 Å². The lowest BCUT2D eigenvalue weighted by molar-refractivity contribution is -0.140. The van der Waals surface area contributed by atoms with Crippen molar-refractivity contribution in [3.05, 3.63) is 22.2 Å². The van der Waals surface area contributed by atoms with Crippen molar-refractivity contribution in [3.8, 4) is 0 Å². The summed E-state index contributed by atoms with van der Waals surface area (Å²) in [6, 6.07) is 0. The van der Waals surface area contributed by atoms with Gasteiger partial charge in [0, 0.05) is 0 Å². The molecule has 0 spiro atoms. The first-order valence-corrected chi connectivity index (χ1v) is 3.94. The fourth-order valence-electron chi connectivity index (χ4n) is 0.784. The van der Waals surface area contributed by atoms with Gasteiger partial charge in [-0.2, -0.15) is 13.2 Å². The van der Waals surface area contributed by atoms with Gasteiger partial charge < -0.3 is 0 Å². The maximum absolute atomic E-state index is 12.1. The molecule has 0 atom stereocenters. The molecule has 0 amide bonds. The van der Waals surface area contributed by atoms with Crippen molar-refractivity contribution >= 4 is 17.4 Å². The summed E-state index contributed by atoms with van der Waals surface area (Å²) < 4.78 is 36.4. The van der Waals surface area contributed by atoms with Gasteiger partial charge in [0.15, 0.2) is 5.69 Å². The maximum atomic E-state index is 12.1. The molecule has 0 aliphatic rings. The Bertz CT molecular complexity index is 300. The number of hydrogen-bond acceptors (Lipinski definition) is 2. The molecule has 66 valence electrons. The number of aryl methyl sites for hydroxylation is 1. The monoisotopic (exact) mass is 193 g/mol. The zero-order valence-electron chi connectivity index (χ0n) is 6.27. The summed E-state index contributed by atoms with van der Waals surface area (Å²) in [4.78, 5) is 3.46. The topological polar surface area (TPSA) is 12.9 Å². The molecule has 0 N–H and O–H groups in total. The SMILES string of the molecule is C=Cc1sc(C)nc1C(F)(F)F. The highest BCUT2D eigenvalue weighted by atomic mass is 32.1. The summed E-state index contributed by atoms with van der Waals surface area (Å²) in [5, 5.41) is 0.400. The second-order valence-electron chi connectivity index (χ2n) is 2.15. The van der Waals surface area contributed by atoms with Crippen molar-refractivity contribution in [1.82, 2.24) is 4.98 Å². The summed E-state index contributed by atoms with van der Waals surface area (Å²) in [7, 11) is 0. The van der Waals surface area contributed by atoms with E-state index in [1.807, 2.05) is 0 Å². The summed E-state index contributed by atoms with van der Waals surface area (Å²) in [6.45, 7) is 4.82. The van der Waals surface area contributed by atoms with Crippen LogP contribution in [-0.4, -0.2) is 4.98 Å². The van der Waals surface area contributed by atoms with Crippen molar-refractivity contribution in [2.24, 2.45) is 0 Å². The van der Waals surface area contributed by atoms with E-state index in [0.717, 1.165) is 11.3 Å². The highest BCUT2D eigenvalue weighted by molar-refractivity contribution is 7.12. The minimum atomic E-state index is -4.37. The Morgan fingerprint density at radius 2 is 2.08 bits per heavy atom. The Hall–Kier alpha value is -0.840. The number of thiazole rings is 1. The molecule has 12 heavy (non-hydrogen) atoms. The molecule has 1 nitrogen and oxygen atoms in total. The van der Waals surface area contributed by atoms with Gasteiger partial charge in [0.25, 0.3) is 0 Å². The van der Waals surface area contributed by atoms with Crippen LogP contribution in [0.5, 0.6) is 0 Å². The van der Waals surface area contributed by atoms with Crippen LogP contribution in [0.4, 0.5) is 13.2 Å². The molecular formula is C7H6F3NS. The van der Waals surface area contributed by atoms with Gasteiger partial charge in [-0.3, -0.25) is 0 Å². The molecule has 1 aromatic heterocycles. The van der Waals surface area contributed by atoms with E-state index in [0.29, 0.717) is 5.01 Å². The van der Waals surface area contributed by atoms with Crippen molar-refractivity contribution in [2.45, 2.75) is 13.1 Å². The van der Waals surface area contributed by atoms with Crippen LogP contribution in [0, 0.1) is 6.92 Å². The number of alkyl halides is 3. The molecule has 0 aliphatic heterocycles. The molecule has 1 rings (SSSR count). The minimum Gasteiger partial charge on any atom is -0.236 e. The fraction of sp³-hybridized carbons (Fsp3) is 0.286. The summed E-state index contributed by atoms with van der Waals surface area (Å²) >= 11 is 0.992. The number of aromatic nitrogens is 1. The number of rotatable bonds is 1. The largest absolute Gasteiger partial charge is 0.434 e. The van der Waals surface area contributed by atoms with E-state index in [2.05, 4.69) is 11.6 Å². The van der Waals surface area contributed by atoms with Crippen molar-refractivity contribution in [1.29, 1.82) is 0 Å². The van der Waals surface area contributed by atoms with Crippen LogP contribution in [-0.2, 0) is 6.18 Å². The molecule has 0 unspecified atom stereocenters. The average molecular weight is 193 g/mol. The van der Waals surface area contributed by atoms with Gasteiger partial charge in [-0.25, -0.2) is 4.98 Å². The smallest absolute Gasteiger partial charge is 0.236 e. The fourth-order valence-corrected chi connectivity index (χ4v) is 1.58. The van der Waals surface area contributed by atoms with Crippen LogP contribution in [0.1, 0.15) is 15.6 Å². The van der Waals surface area contributed by atoms with Crippen LogP contribution < -0.4 is 0 Å². The van der Waals surface area contributed by atoms with Gasteiger partial charge in [0.1, 0.15) is 0 Å². The van der Waals surface area contributed by atoms with Gasteiger partial charge in [0.2, 0.25) is 0 Å². The molecular weight excluding hydrogens is 187 g/mol. The lowest BCUT2D eigenvalue weighted by Crippen LogP contribution is -2.06. The molecule has 0 aliphatic carbocycles. The molecule has 1 heterocycles. The third-order valence-corrected chi connectivity index (χ3v) is 2.18. The molecule has 5 heteroatoms. The van der Waals surface area contributed by atoms with Crippen molar-refractivity contribution in [2.75, 3.05) is 0 Å². The molecule has 1 aromatic rings. The average Bonchev–Trinajstić information content (AvgIpc) is 2.29. The Kier molecular flexibility index (Phi) is 2.23. The third kappa shape index (κ3) is 1.66. The van der Waals surface area contributed by atoms with Crippen LogP contribution in [0.15, 0.2) is 6.58 Å². The summed E-state index contributed by atoms with van der Waals surface area (Å²) in [6.07, 6.45) is -3.19. The summed E-state index contributed by atoms with van der Waals surface area (Å²) in [5.74, 6) is 0. The maximum Gasteiger partial charge on any atom is 0.434 e. The first-order chi connectivity index (χ1) is 5.45. The molecule has 0 saturated heterocycles. The molecule has 0 bridgehead atoms. The Morgan fingerprint density at radius 3 is 2.42 bits per heavy atom. The second-order valence-corrected chi connectivity index (χ2v) is 3.38. The quantitative estimate of drug-likeness (QED) is 0.667.